The van der Waals surface area contributed by atoms with Crippen molar-refractivity contribution in [3.05, 3.63) is 53.6 Å². The molecule has 1 fully saturated rings. The molecule has 0 atom stereocenters. The Labute approximate surface area is 229 Å². The molecular formula is C32H46N2O4. The standard InChI is InChI=1S/C32H46N2O4/c1-5-6-7-8-9-10-11-12-23-38-32-29(36-3)24-27(25-30(32)37-4)15-18-31(35)34-21-19-33(20-22-34)28-16-13-26(2)14-17-28/h13-18,24-25H,5-12,19-23H2,1-4H3/b18-15+. The van der Waals surface area contributed by atoms with Crippen molar-refractivity contribution < 1.29 is 19.0 Å². The summed E-state index contributed by atoms with van der Waals surface area (Å²) < 4.78 is 17.3. The van der Waals surface area contributed by atoms with Crippen molar-refractivity contribution in [1.82, 2.24) is 4.90 Å². The zero-order valence-electron chi connectivity index (χ0n) is 23.8. The van der Waals surface area contributed by atoms with Crippen molar-refractivity contribution in [3.63, 3.8) is 0 Å². The number of hydrogen-bond acceptors (Lipinski definition) is 5. The molecule has 1 aliphatic rings. The van der Waals surface area contributed by atoms with Crippen LogP contribution in [0.25, 0.3) is 6.08 Å². The van der Waals surface area contributed by atoms with Crippen LogP contribution in [-0.2, 0) is 4.79 Å². The van der Waals surface area contributed by atoms with Gasteiger partial charge in [-0.25, -0.2) is 0 Å². The van der Waals surface area contributed by atoms with E-state index in [-0.39, 0.29) is 5.91 Å². The number of unbranched alkanes of at least 4 members (excludes halogenated alkanes) is 7. The van der Waals surface area contributed by atoms with E-state index in [1.165, 1.54) is 56.2 Å². The summed E-state index contributed by atoms with van der Waals surface area (Å²) in [6, 6.07) is 12.3. The third-order valence-electron chi connectivity index (χ3n) is 7.14. The number of hydrogen-bond donors (Lipinski definition) is 0. The summed E-state index contributed by atoms with van der Waals surface area (Å²) >= 11 is 0. The molecule has 0 saturated carbocycles. The largest absolute Gasteiger partial charge is 0.493 e. The van der Waals surface area contributed by atoms with E-state index in [4.69, 9.17) is 14.2 Å². The van der Waals surface area contributed by atoms with Crippen LogP contribution in [0.5, 0.6) is 17.2 Å². The highest BCUT2D eigenvalue weighted by Crippen LogP contribution is 2.39. The van der Waals surface area contributed by atoms with E-state index >= 15 is 0 Å². The average molecular weight is 523 g/mol. The number of amides is 1. The number of aryl methyl sites for hydroxylation is 1. The number of piperazine rings is 1. The molecule has 2 aromatic rings. The van der Waals surface area contributed by atoms with E-state index in [1.807, 2.05) is 23.1 Å². The third-order valence-corrected chi connectivity index (χ3v) is 7.14. The van der Waals surface area contributed by atoms with Gasteiger partial charge in [0.05, 0.1) is 20.8 Å². The molecule has 0 spiro atoms. The molecule has 1 amide bonds. The number of rotatable bonds is 15. The van der Waals surface area contributed by atoms with Crippen LogP contribution in [0.4, 0.5) is 5.69 Å². The van der Waals surface area contributed by atoms with E-state index in [1.54, 1.807) is 20.3 Å². The van der Waals surface area contributed by atoms with Crippen molar-refractivity contribution in [2.75, 3.05) is 51.9 Å². The van der Waals surface area contributed by atoms with Crippen LogP contribution in [0.1, 0.15) is 69.4 Å². The second-order valence-electron chi connectivity index (χ2n) is 10.1. The molecule has 0 unspecified atom stereocenters. The highest BCUT2D eigenvalue weighted by molar-refractivity contribution is 5.92. The Hall–Kier alpha value is -3.15. The van der Waals surface area contributed by atoms with Crippen LogP contribution in [0.15, 0.2) is 42.5 Å². The molecule has 1 saturated heterocycles. The lowest BCUT2D eigenvalue weighted by atomic mass is 10.1. The Kier molecular flexibility index (Phi) is 12.3. The Morgan fingerprint density at radius 1 is 0.842 bits per heavy atom. The molecule has 0 aromatic heterocycles. The fraction of sp³-hybridized carbons (Fsp3) is 0.531. The monoisotopic (exact) mass is 522 g/mol. The lowest BCUT2D eigenvalue weighted by Gasteiger charge is -2.35. The molecule has 3 rings (SSSR count). The highest BCUT2D eigenvalue weighted by Gasteiger charge is 2.20. The first-order valence-corrected chi connectivity index (χ1v) is 14.2. The Bertz CT molecular complexity index is 986. The fourth-order valence-electron chi connectivity index (χ4n) is 4.76. The summed E-state index contributed by atoms with van der Waals surface area (Å²) in [5, 5.41) is 0. The Balaban J connectivity index is 1.50. The lowest BCUT2D eigenvalue weighted by molar-refractivity contribution is -0.126. The van der Waals surface area contributed by atoms with Crippen LogP contribution in [0.3, 0.4) is 0 Å². The minimum Gasteiger partial charge on any atom is -0.493 e. The van der Waals surface area contributed by atoms with Crippen molar-refractivity contribution >= 4 is 17.7 Å². The summed E-state index contributed by atoms with van der Waals surface area (Å²) in [6.45, 7) is 8.03. The van der Waals surface area contributed by atoms with Gasteiger partial charge in [0.1, 0.15) is 0 Å². The Morgan fingerprint density at radius 2 is 1.42 bits per heavy atom. The smallest absolute Gasteiger partial charge is 0.246 e. The molecule has 208 valence electrons. The van der Waals surface area contributed by atoms with Gasteiger partial charge < -0.3 is 24.0 Å². The number of ether oxygens (including phenoxy) is 3. The quantitative estimate of drug-likeness (QED) is 0.188. The number of anilines is 1. The minimum absolute atomic E-state index is 0.0153. The molecule has 0 bridgehead atoms. The second kappa shape index (κ2) is 16.0. The van der Waals surface area contributed by atoms with Crippen LogP contribution < -0.4 is 19.1 Å². The first-order chi connectivity index (χ1) is 18.5. The molecule has 2 aromatic carbocycles. The van der Waals surface area contributed by atoms with Gasteiger partial charge in [-0.2, -0.15) is 0 Å². The fourth-order valence-corrected chi connectivity index (χ4v) is 4.76. The Morgan fingerprint density at radius 3 is 2.00 bits per heavy atom. The summed E-state index contributed by atoms with van der Waals surface area (Å²) in [6.07, 6.45) is 13.5. The van der Waals surface area contributed by atoms with Gasteiger partial charge in [-0.05, 0) is 49.2 Å². The maximum atomic E-state index is 12.9. The second-order valence-corrected chi connectivity index (χ2v) is 10.1. The number of carbonyl (C=O) groups is 1. The first-order valence-electron chi connectivity index (χ1n) is 14.2. The number of nitrogens with zero attached hydrogens (tertiary/aromatic N) is 2. The maximum absolute atomic E-state index is 12.9. The predicted octanol–water partition coefficient (Wildman–Crippen LogP) is 6.89. The summed E-state index contributed by atoms with van der Waals surface area (Å²) in [7, 11) is 3.26. The number of carbonyl (C=O) groups excluding carboxylic acids is 1. The van der Waals surface area contributed by atoms with Gasteiger partial charge in [-0.1, -0.05) is 69.6 Å². The van der Waals surface area contributed by atoms with Crippen LogP contribution in [-0.4, -0.2) is 57.8 Å². The third kappa shape index (κ3) is 9.00. The van der Waals surface area contributed by atoms with Crippen LogP contribution in [0, 0.1) is 6.92 Å². The molecule has 1 heterocycles. The summed E-state index contributed by atoms with van der Waals surface area (Å²) in [5.41, 5.74) is 3.30. The van der Waals surface area contributed by atoms with Gasteiger partial charge in [-0.15, -0.1) is 0 Å². The first kappa shape index (κ1) is 29.4. The van der Waals surface area contributed by atoms with E-state index < -0.39 is 0 Å². The van der Waals surface area contributed by atoms with E-state index in [2.05, 4.69) is 43.0 Å². The zero-order chi connectivity index (χ0) is 27.2. The normalized spacial score (nSPS) is 13.7. The molecular weight excluding hydrogens is 476 g/mol. The molecule has 0 N–H and O–H groups in total. The van der Waals surface area contributed by atoms with Crippen molar-refractivity contribution in [3.8, 4) is 17.2 Å². The van der Waals surface area contributed by atoms with Crippen molar-refractivity contribution in [1.29, 1.82) is 0 Å². The minimum atomic E-state index is 0.0153. The molecule has 0 aliphatic carbocycles. The average Bonchev–Trinajstić information content (AvgIpc) is 2.95. The topological polar surface area (TPSA) is 51.2 Å². The highest BCUT2D eigenvalue weighted by atomic mass is 16.5. The summed E-state index contributed by atoms with van der Waals surface area (Å²) in [5.74, 6) is 1.86. The molecule has 1 aliphatic heterocycles. The van der Waals surface area contributed by atoms with Crippen LogP contribution >= 0.6 is 0 Å². The van der Waals surface area contributed by atoms with Gasteiger partial charge in [-0.3, -0.25) is 4.79 Å². The van der Waals surface area contributed by atoms with Gasteiger partial charge >= 0.3 is 0 Å². The van der Waals surface area contributed by atoms with E-state index in [0.717, 1.165) is 25.1 Å². The molecule has 6 nitrogen and oxygen atoms in total. The lowest BCUT2D eigenvalue weighted by Crippen LogP contribution is -2.48. The molecule has 38 heavy (non-hydrogen) atoms. The zero-order valence-corrected chi connectivity index (χ0v) is 23.8. The van der Waals surface area contributed by atoms with Crippen molar-refractivity contribution in [2.45, 2.75) is 65.2 Å². The predicted molar refractivity (Wildman–Crippen MR) is 157 cm³/mol. The van der Waals surface area contributed by atoms with Gasteiger partial charge in [0.15, 0.2) is 11.5 Å². The number of benzene rings is 2. The molecule has 6 heteroatoms. The number of methoxy groups -OCH3 is 2. The summed E-state index contributed by atoms with van der Waals surface area (Å²) in [4.78, 5) is 17.1. The van der Waals surface area contributed by atoms with E-state index in [0.29, 0.717) is 36.9 Å². The maximum Gasteiger partial charge on any atom is 0.246 e. The van der Waals surface area contributed by atoms with Gasteiger partial charge in [0.2, 0.25) is 11.7 Å². The van der Waals surface area contributed by atoms with E-state index in [9.17, 15) is 4.79 Å². The van der Waals surface area contributed by atoms with Crippen molar-refractivity contribution in [2.24, 2.45) is 0 Å². The van der Waals surface area contributed by atoms with Gasteiger partial charge in [0, 0.05) is 37.9 Å². The SMILES string of the molecule is CCCCCCCCCCOc1c(OC)cc(/C=C/C(=O)N2CCN(c3ccc(C)cc3)CC2)cc1OC. The van der Waals surface area contributed by atoms with Gasteiger partial charge in [0.25, 0.3) is 0 Å². The van der Waals surface area contributed by atoms with Crippen LogP contribution in [0.2, 0.25) is 0 Å². The molecule has 0 radical (unpaired) electrons.